The van der Waals surface area contributed by atoms with Crippen LogP contribution < -0.4 is 4.90 Å². The molecular weight excluding hydrogens is 310 g/mol. The van der Waals surface area contributed by atoms with E-state index in [1.54, 1.807) is 6.42 Å². The lowest BCUT2D eigenvalue weighted by atomic mass is 9.66. The molecule has 0 radical (unpaired) electrons. The number of methoxy groups -OCH3 is 2. The van der Waals surface area contributed by atoms with E-state index in [1.165, 1.54) is 77.3 Å². The van der Waals surface area contributed by atoms with Gasteiger partial charge in [0.05, 0.1) is 31.3 Å². The Hall–Kier alpha value is -0.120. The van der Waals surface area contributed by atoms with Gasteiger partial charge in [0, 0.05) is 38.9 Å². The minimum Gasteiger partial charge on any atom is -0.381 e. The summed E-state index contributed by atoms with van der Waals surface area (Å²) < 4.78 is 11.2. The second-order valence-electron chi connectivity index (χ2n) is 9.57. The third-order valence-electron chi connectivity index (χ3n) is 8.53. The van der Waals surface area contributed by atoms with Crippen LogP contribution >= 0.6 is 0 Å². The van der Waals surface area contributed by atoms with Crippen molar-refractivity contribution in [1.82, 2.24) is 0 Å². The minimum absolute atomic E-state index is 0.548. The number of rotatable bonds is 4. The van der Waals surface area contributed by atoms with Gasteiger partial charge in [-0.05, 0) is 69.6 Å². The maximum absolute atomic E-state index is 5.63. The molecule has 2 aliphatic carbocycles. The Morgan fingerprint density at radius 3 is 1.88 bits per heavy atom. The molecule has 2 saturated carbocycles. The van der Waals surface area contributed by atoms with Crippen LogP contribution in [0.3, 0.4) is 0 Å². The first-order valence-electron chi connectivity index (χ1n) is 11.2. The second-order valence-corrected chi connectivity index (χ2v) is 9.57. The maximum atomic E-state index is 5.63. The number of ether oxygens (including phenoxy) is 2. The van der Waals surface area contributed by atoms with Gasteiger partial charge in [-0.2, -0.15) is 0 Å². The Balaban J connectivity index is 1.40. The number of piperidine rings is 1. The molecule has 0 aromatic carbocycles. The SMILES string of the molecule is COC1CCC(C2CC(C3CCC(OC)CC3)C3CCC[NH+]3C2)CC1. The molecule has 2 aliphatic heterocycles. The van der Waals surface area contributed by atoms with Crippen LogP contribution in [0.4, 0.5) is 0 Å². The van der Waals surface area contributed by atoms with Crippen molar-refractivity contribution in [3.63, 3.8) is 0 Å². The monoisotopic (exact) mass is 350 g/mol. The van der Waals surface area contributed by atoms with Crippen molar-refractivity contribution in [3.05, 3.63) is 0 Å². The topological polar surface area (TPSA) is 22.9 Å². The van der Waals surface area contributed by atoms with E-state index in [0.29, 0.717) is 12.2 Å². The average Bonchev–Trinajstić information content (AvgIpc) is 3.16. The summed E-state index contributed by atoms with van der Waals surface area (Å²) in [7, 11) is 3.80. The molecule has 2 saturated heterocycles. The van der Waals surface area contributed by atoms with Crippen LogP contribution in [0.5, 0.6) is 0 Å². The molecule has 3 heteroatoms. The van der Waals surface area contributed by atoms with Crippen molar-refractivity contribution in [2.75, 3.05) is 27.3 Å². The molecule has 4 unspecified atom stereocenters. The molecular formula is C22H40NO2+. The predicted octanol–water partition coefficient (Wildman–Crippen LogP) is 3.08. The van der Waals surface area contributed by atoms with Crippen LogP contribution in [0.25, 0.3) is 0 Å². The van der Waals surface area contributed by atoms with Gasteiger partial charge in [-0.25, -0.2) is 0 Å². The minimum atomic E-state index is 0.548. The molecule has 3 nitrogen and oxygen atoms in total. The van der Waals surface area contributed by atoms with Crippen molar-refractivity contribution >= 4 is 0 Å². The molecule has 0 bridgehead atoms. The Kier molecular flexibility index (Phi) is 6.04. The molecule has 144 valence electrons. The summed E-state index contributed by atoms with van der Waals surface area (Å²) in [6.07, 6.45) is 16.5. The third kappa shape index (κ3) is 3.94. The molecule has 2 heterocycles. The fourth-order valence-electron chi connectivity index (χ4n) is 7.07. The standard InChI is InChI=1S/C22H39NO2/c1-24-19-9-5-16(6-10-19)18-14-21(22-4-3-13-23(22)15-18)17-7-11-20(25-2)12-8-17/h16-22H,3-15H2,1-2H3/p+1. The van der Waals surface area contributed by atoms with Crippen molar-refractivity contribution in [2.45, 2.75) is 88.9 Å². The zero-order chi connectivity index (χ0) is 17.2. The van der Waals surface area contributed by atoms with Gasteiger partial charge in [-0.1, -0.05) is 0 Å². The number of nitrogens with one attached hydrogen (secondary N) is 1. The van der Waals surface area contributed by atoms with E-state index in [9.17, 15) is 0 Å². The van der Waals surface area contributed by atoms with Gasteiger partial charge < -0.3 is 14.4 Å². The smallest absolute Gasteiger partial charge is 0.0908 e. The van der Waals surface area contributed by atoms with Crippen molar-refractivity contribution < 1.29 is 14.4 Å². The largest absolute Gasteiger partial charge is 0.381 e. The van der Waals surface area contributed by atoms with Gasteiger partial charge in [0.1, 0.15) is 0 Å². The molecule has 1 N–H and O–H groups in total. The van der Waals surface area contributed by atoms with E-state index in [-0.39, 0.29) is 0 Å². The zero-order valence-corrected chi connectivity index (χ0v) is 16.6. The maximum Gasteiger partial charge on any atom is 0.0908 e. The zero-order valence-electron chi connectivity index (χ0n) is 16.6. The molecule has 4 fully saturated rings. The summed E-state index contributed by atoms with van der Waals surface area (Å²) in [6.45, 7) is 2.94. The second kappa shape index (κ2) is 8.27. The number of quaternary nitrogens is 1. The fraction of sp³-hybridized carbons (Fsp3) is 1.00. The summed E-state index contributed by atoms with van der Waals surface area (Å²) in [5.41, 5.74) is 0. The first kappa shape index (κ1) is 18.3. The van der Waals surface area contributed by atoms with E-state index >= 15 is 0 Å². The van der Waals surface area contributed by atoms with Crippen molar-refractivity contribution in [1.29, 1.82) is 0 Å². The third-order valence-corrected chi connectivity index (χ3v) is 8.53. The lowest BCUT2D eigenvalue weighted by molar-refractivity contribution is -0.927. The summed E-state index contributed by atoms with van der Waals surface area (Å²) in [5.74, 6) is 3.97. The predicted molar refractivity (Wildman–Crippen MR) is 101 cm³/mol. The van der Waals surface area contributed by atoms with E-state index in [4.69, 9.17) is 9.47 Å². The number of fused-ring (bicyclic) bond motifs is 1. The Morgan fingerprint density at radius 1 is 0.680 bits per heavy atom. The van der Waals surface area contributed by atoms with Crippen molar-refractivity contribution in [2.24, 2.45) is 23.7 Å². The molecule has 0 aromatic heterocycles. The quantitative estimate of drug-likeness (QED) is 0.842. The summed E-state index contributed by atoms with van der Waals surface area (Å²) in [5, 5.41) is 0. The highest BCUT2D eigenvalue weighted by molar-refractivity contribution is 4.90. The van der Waals surface area contributed by atoms with E-state index in [0.717, 1.165) is 29.7 Å². The molecule has 4 aliphatic rings. The Morgan fingerprint density at radius 2 is 1.28 bits per heavy atom. The number of hydrogen-bond acceptors (Lipinski definition) is 2. The van der Waals surface area contributed by atoms with Gasteiger partial charge in [0.25, 0.3) is 0 Å². The van der Waals surface area contributed by atoms with Gasteiger partial charge in [-0.3, -0.25) is 0 Å². The molecule has 0 spiro atoms. The lowest BCUT2D eigenvalue weighted by Gasteiger charge is -2.46. The van der Waals surface area contributed by atoms with Gasteiger partial charge in [0.15, 0.2) is 0 Å². The number of hydrogen-bond donors (Lipinski definition) is 1. The van der Waals surface area contributed by atoms with Gasteiger partial charge in [-0.15, -0.1) is 0 Å². The van der Waals surface area contributed by atoms with E-state index in [1.807, 2.05) is 19.1 Å². The molecule has 4 atom stereocenters. The Bertz CT molecular complexity index is 412. The van der Waals surface area contributed by atoms with E-state index < -0.39 is 0 Å². The first-order valence-corrected chi connectivity index (χ1v) is 11.2. The highest BCUT2D eigenvalue weighted by Gasteiger charge is 2.47. The van der Waals surface area contributed by atoms with Crippen LogP contribution in [-0.2, 0) is 9.47 Å². The summed E-state index contributed by atoms with van der Waals surface area (Å²) in [6, 6.07) is 0.996. The van der Waals surface area contributed by atoms with Crippen LogP contribution in [0.15, 0.2) is 0 Å². The molecule has 0 aromatic rings. The van der Waals surface area contributed by atoms with Crippen molar-refractivity contribution in [3.8, 4) is 0 Å². The normalized spacial score (nSPS) is 48.2. The van der Waals surface area contributed by atoms with Crippen LogP contribution in [0.1, 0.15) is 70.6 Å². The summed E-state index contributed by atoms with van der Waals surface area (Å²) >= 11 is 0. The highest BCUT2D eigenvalue weighted by atomic mass is 16.5. The van der Waals surface area contributed by atoms with Gasteiger partial charge in [0.2, 0.25) is 0 Å². The first-order chi connectivity index (χ1) is 12.3. The van der Waals surface area contributed by atoms with Gasteiger partial charge >= 0.3 is 0 Å². The molecule has 4 rings (SSSR count). The highest BCUT2D eigenvalue weighted by Crippen LogP contribution is 2.42. The Labute approximate surface area is 154 Å². The lowest BCUT2D eigenvalue weighted by Crippen LogP contribution is -3.16. The molecule has 25 heavy (non-hydrogen) atoms. The van der Waals surface area contributed by atoms with Crippen LogP contribution in [-0.4, -0.2) is 45.6 Å². The van der Waals surface area contributed by atoms with E-state index in [2.05, 4.69) is 0 Å². The van der Waals surface area contributed by atoms with Crippen LogP contribution in [0.2, 0.25) is 0 Å². The van der Waals surface area contributed by atoms with Crippen LogP contribution in [0, 0.1) is 23.7 Å². The molecule has 0 amide bonds. The average molecular weight is 351 g/mol. The fourth-order valence-corrected chi connectivity index (χ4v) is 7.07. The summed E-state index contributed by atoms with van der Waals surface area (Å²) in [4.78, 5) is 1.99.